The van der Waals surface area contributed by atoms with Gasteiger partial charge in [-0.3, -0.25) is 14.4 Å². The van der Waals surface area contributed by atoms with E-state index in [4.69, 9.17) is 18.9 Å². The van der Waals surface area contributed by atoms with Crippen LogP contribution in [0.25, 0.3) is 11.1 Å². The van der Waals surface area contributed by atoms with Gasteiger partial charge in [0.1, 0.15) is 0 Å². The first kappa shape index (κ1) is 32.8. The average Bonchev–Trinajstić information content (AvgIpc) is 3.29. The Balaban J connectivity index is 1.58. The van der Waals surface area contributed by atoms with E-state index in [1.165, 1.54) is 27.2 Å². The van der Waals surface area contributed by atoms with Crippen molar-refractivity contribution in [1.82, 2.24) is 10.6 Å². The Morgan fingerprint density at radius 2 is 1.67 bits per heavy atom. The van der Waals surface area contributed by atoms with Crippen LogP contribution in [0.1, 0.15) is 55.0 Å². The summed E-state index contributed by atoms with van der Waals surface area (Å²) in [4.78, 5) is 50.7. The first-order chi connectivity index (χ1) is 21.7. The van der Waals surface area contributed by atoms with Crippen molar-refractivity contribution in [2.45, 2.75) is 44.7 Å². The van der Waals surface area contributed by atoms with Crippen LogP contribution in [0.4, 0.5) is 5.69 Å². The molecule has 0 saturated heterocycles. The van der Waals surface area contributed by atoms with Gasteiger partial charge in [-0.15, -0.1) is 0 Å². The molecule has 3 N–H and O–H groups in total. The summed E-state index contributed by atoms with van der Waals surface area (Å²) in [5.41, 5.74) is 3.75. The number of benzene rings is 2. The molecule has 0 heterocycles. The van der Waals surface area contributed by atoms with Crippen molar-refractivity contribution < 1.29 is 33.3 Å². The number of carbonyl (C=O) groups excluding carboxylic acids is 3. The SMILES string of the molecule is COC(=O)[C@@H](NC(=O)CCCNc1ccc2c(cc1=O)[C@@H](NC(C)=O)CCc1cc(OC)c(OC)c(OC)c1-2)c1ccccc1. The second-order valence-corrected chi connectivity index (χ2v) is 10.6. The number of methoxy groups -OCH3 is 4. The van der Waals surface area contributed by atoms with Gasteiger partial charge >= 0.3 is 5.97 Å². The van der Waals surface area contributed by atoms with Crippen LogP contribution in [-0.2, 0) is 25.5 Å². The van der Waals surface area contributed by atoms with Gasteiger partial charge in [0.25, 0.3) is 0 Å². The van der Waals surface area contributed by atoms with Gasteiger partial charge in [-0.2, -0.15) is 0 Å². The van der Waals surface area contributed by atoms with Crippen LogP contribution in [0, 0.1) is 0 Å². The number of fused-ring (bicyclic) bond motifs is 3. The third kappa shape index (κ3) is 7.54. The quantitative estimate of drug-likeness (QED) is 0.202. The molecule has 1 aliphatic rings. The smallest absolute Gasteiger partial charge is 0.333 e. The van der Waals surface area contributed by atoms with Crippen molar-refractivity contribution in [1.29, 1.82) is 0 Å². The zero-order valence-electron chi connectivity index (χ0n) is 26.2. The van der Waals surface area contributed by atoms with Gasteiger partial charge in [0.15, 0.2) is 17.5 Å². The molecule has 11 heteroatoms. The monoisotopic (exact) mass is 617 g/mol. The van der Waals surface area contributed by atoms with Crippen molar-refractivity contribution in [3.63, 3.8) is 0 Å². The predicted molar refractivity (Wildman–Crippen MR) is 170 cm³/mol. The van der Waals surface area contributed by atoms with Crippen molar-refractivity contribution >= 4 is 23.5 Å². The highest BCUT2D eigenvalue weighted by Crippen LogP contribution is 2.50. The fraction of sp³-hybridized carbons (Fsp3) is 0.353. The minimum atomic E-state index is -0.913. The Morgan fingerprint density at radius 1 is 0.933 bits per heavy atom. The summed E-state index contributed by atoms with van der Waals surface area (Å²) in [6.07, 6.45) is 1.66. The van der Waals surface area contributed by atoms with Crippen LogP contribution in [0.15, 0.2) is 59.4 Å². The van der Waals surface area contributed by atoms with E-state index in [9.17, 15) is 19.2 Å². The topological polar surface area (TPSA) is 141 Å². The third-order valence-corrected chi connectivity index (χ3v) is 7.69. The maximum Gasteiger partial charge on any atom is 0.333 e. The molecule has 4 rings (SSSR count). The van der Waals surface area contributed by atoms with E-state index in [1.807, 2.05) is 18.2 Å². The fourth-order valence-corrected chi connectivity index (χ4v) is 5.60. The highest BCUT2D eigenvalue weighted by Gasteiger charge is 2.29. The fourth-order valence-electron chi connectivity index (χ4n) is 5.60. The molecule has 2 amide bonds. The summed E-state index contributed by atoms with van der Waals surface area (Å²) in [5.74, 6) is 0.315. The maximum atomic E-state index is 13.5. The van der Waals surface area contributed by atoms with Crippen LogP contribution in [0.3, 0.4) is 0 Å². The lowest BCUT2D eigenvalue weighted by Crippen LogP contribution is -2.34. The lowest BCUT2D eigenvalue weighted by Gasteiger charge is -2.19. The summed E-state index contributed by atoms with van der Waals surface area (Å²) in [5, 5.41) is 8.87. The van der Waals surface area contributed by atoms with Crippen LogP contribution in [0.2, 0.25) is 0 Å². The first-order valence-electron chi connectivity index (χ1n) is 14.7. The van der Waals surface area contributed by atoms with Gasteiger partial charge in [0.2, 0.25) is 23.0 Å². The second kappa shape index (κ2) is 15.1. The molecule has 3 aromatic carbocycles. The number of amides is 2. The van der Waals surface area contributed by atoms with Crippen molar-refractivity contribution in [3.8, 4) is 28.4 Å². The number of hydrogen-bond acceptors (Lipinski definition) is 9. The lowest BCUT2D eigenvalue weighted by molar-refractivity contribution is -0.145. The molecule has 11 nitrogen and oxygen atoms in total. The summed E-state index contributed by atoms with van der Waals surface area (Å²) >= 11 is 0. The molecule has 45 heavy (non-hydrogen) atoms. The Labute approximate surface area is 262 Å². The molecule has 0 spiro atoms. The summed E-state index contributed by atoms with van der Waals surface area (Å²) in [7, 11) is 5.91. The Bertz CT molecular complexity index is 1610. The highest BCUT2D eigenvalue weighted by atomic mass is 16.5. The van der Waals surface area contributed by atoms with E-state index in [0.29, 0.717) is 59.9 Å². The van der Waals surface area contributed by atoms with E-state index in [0.717, 1.165) is 16.7 Å². The Hall–Kier alpha value is -5.06. The summed E-state index contributed by atoms with van der Waals surface area (Å²) in [6.45, 7) is 1.77. The number of esters is 1. The van der Waals surface area contributed by atoms with E-state index in [1.54, 1.807) is 44.6 Å². The molecule has 0 aliphatic heterocycles. The molecule has 2 atom stereocenters. The van der Waals surface area contributed by atoms with Gasteiger partial charge in [0, 0.05) is 25.5 Å². The number of ether oxygens (including phenoxy) is 4. The summed E-state index contributed by atoms with van der Waals surface area (Å²) in [6, 6.07) is 14.5. The molecule has 0 saturated carbocycles. The van der Waals surface area contributed by atoms with Gasteiger partial charge in [0.05, 0.1) is 40.2 Å². The number of aryl methyl sites for hydroxylation is 1. The van der Waals surface area contributed by atoms with Crippen LogP contribution >= 0.6 is 0 Å². The number of nitrogens with one attached hydrogen (secondary N) is 3. The van der Waals surface area contributed by atoms with Gasteiger partial charge in [-0.25, -0.2) is 4.79 Å². The largest absolute Gasteiger partial charge is 0.493 e. The lowest BCUT2D eigenvalue weighted by atomic mass is 9.95. The predicted octanol–water partition coefficient (Wildman–Crippen LogP) is 4.09. The van der Waals surface area contributed by atoms with Gasteiger partial charge < -0.3 is 34.9 Å². The van der Waals surface area contributed by atoms with Crippen LogP contribution < -0.4 is 35.6 Å². The number of anilines is 1. The highest BCUT2D eigenvalue weighted by molar-refractivity contribution is 5.86. The molecule has 0 aromatic heterocycles. The molecule has 3 aromatic rings. The Kier molecular flexibility index (Phi) is 11.0. The third-order valence-electron chi connectivity index (χ3n) is 7.69. The van der Waals surface area contributed by atoms with Crippen molar-refractivity contribution in [3.05, 3.63) is 81.5 Å². The number of rotatable bonds is 12. The van der Waals surface area contributed by atoms with Crippen LogP contribution in [0.5, 0.6) is 17.2 Å². The zero-order chi connectivity index (χ0) is 32.5. The zero-order valence-corrected chi connectivity index (χ0v) is 26.2. The molecule has 0 fully saturated rings. The van der Waals surface area contributed by atoms with Gasteiger partial charge in [-0.05, 0) is 59.7 Å². The van der Waals surface area contributed by atoms with E-state index < -0.39 is 18.1 Å². The minimum Gasteiger partial charge on any atom is -0.493 e. The van der Waals surface area contributed by atoms with Crippen molar-refractivity contribution in [2.24, 2.45) is 0 Å². The second-order valence-electron chi connectivity index (χ2n) is 10.6. The molecule has 1 aliphatic carbocycles. The maximum absolute atomic E-state index is 13.5. The number of hydrogen-bond donors (Lipinski definition) is 3. The molecular formula is C34H39N3O8. The molecular weight excluding hydrogens is 578 g/mol. The number of carbonyl (C=O) groups is 3. The molecule has 0 radical (unpaired) electrons. The van der Waals surface area contributed by atoms with Gasteiger partial charge in [-0.1, -0.05) is 36.4 Å². The average molecular weight is 618 g/mol. The van der Waals surface area contributed by atoms with E-state index >= 15 is 0 Å². The molecule has 0 unspecified atom stereocenters. The van der Waals surface area contributed by atoms with Crippen LogP contribution in [-0.4, -0.2) is 52.8 Å². The molecule has 0 bridgehead atoms. The first-order valence-corrected chi connectivity index (χ1v) is 14.7. The minimum absolute atomic E-state index is 0.119. The summed E-state index contributed by atoms with van der Waals surface area (Å²) < 4.78 is 21.9. The van der Waals surface area contributed by atoms with E-state index in [-0.39, 0.29) is 23.7 Å². The molecule has 238 valence electrons. The standard InChI is InChI=1S/C34H39N3O8/c1-20(38)36-25-15-13-22-18-28(42-2)32(43-3)33(44-4)30(22)23-14-16-26(27(39)19-24(23)25)35-17-9-12-29(40)37-31(34(41)45-5)21-10-7-6-8-11-21/h6-8,10-11,14,16,18-19,25,31H,9,12-13,15,17H2,1-5H3,(H,35,39)(H,36,38)(H,37,40)/t25-,31-/m0/s1. The Morgan fingerprint density at radius 3 is 2.31 bits per heavy atom. The van der Waals surface area contributed by atoms with Crippen molar-refractivity contribution in [2.75, 3.05) is 40.3 Å². The van der Waals surface area contributed by atoms with E-state index in [2.05, 4.69) is 16.0 Å². The normalized spacial score (nSPS) is 14.0.